The zero-order valence-electron chi connectivity index (χ0n) is 12.4. The van der Waals surface area contributed by atoms with Crippen LogP contribution in [-0.2, 0) is 9.47 Å². The lowest BCUT2D eigenvalue weighted by atomic mass is 9.85. The van der Waals surface area contributed by atoms with E-state index in [4.69, 9.17) is 9.47 Å². The molecule has 1 spiro atoms. The van der Waals surface area contributed by atoms with Crippen molar-refractivity contribution >= 4 is 0 Å². The molecule has 3 atom stereocenters. The standard InChI is InChI=1S/C17H23NO2/c1-12(2)15-17(9-13(3)10-18-17)11-19-16(20-15)14-7-5-4-6-8-14/h4-9,12,15-16,18H,10-11H2,1-3H3/t15-,16+,17+/m0/s1. The predicted molar refractivity (Wildman–Crippen MR) is 79.3 cm³/mol. The lowest BCUT2D eigenvalue weighted by Gasteiger charge is -2.45. The number of hydrogen-bond donors (Lipinski definition) is 1. The summed E-state index contributed by atoms with van der Waals surface area (Å²) in [7, 11) is 0. The zero-order valence-corrected chi connectivity index (χ0v) is 12.4. The average Bonchev–Trinajstić information content (AvgIpc) is 2.82. The highest BCUT2D eigenvalue weighted by molar-refractivity contribution is 5.26. The van der Waals surface area contributed by atoms with Gasteiger partial charge in [0.2, 0.25) is 0 Å². The Morgan fingerprint density at radius 2 is 2.00 bits per heavy atom. The van der Waals surface area contributed by atoms with E-state index in [2.05, 4.69) is 44.3 Å². The molecule has 108 valence electrons. The summed E-state index contributed by atoms with van der Waals surface area (Å²) in [6.45, 7) is 8.16. The summed E-state index contributed by atoms with van der Waals surface area (Å²) in [5.74, 6) is 0.430. The van der Waals surface area contributed by atoms with Crippen molar-refractivity contribution in [3.05, 3.63) is 47.5 Å². The van der Waals surface area contributed by atoms with Crippen molar-refractivity contribution in [3.63, 3.8) is 0 Å². The van der Waals surface area contributed by atoms with Gasteiger partial charge in [-0.2, -0.15) is 0 Å². The second-order valence-corrected chi connectivity index (χ2v) is 6.24. The molecule has 2 aliphatic rings. The molecular weight excluding hydrogens is 250 g/mol. The van der Waals surface area contributed by atoms with Crippen molar-refractivity contribution in [2.24, 2.45) is 5.92 Å². The van der Waals surface area contributed by atoms with Gasteiger partial charge in [-0.1, -0.05) is 55.8 Å². The summed E-state index contributed by atoms with van der Waals surface area (Å²) in [5.41, 5.74) is 2.29. The maximum Gasteiger partial charge on any atom is 0.184 e. The van der Waals surface area contributed by atoms with Gasteiger partial charge >= 0.3 is 0 Å². The summed E-state index contributed by atoms with van der Waals surface area (Å²) < 4.78 is 12.3. The first-order chi connectivity index (χ1) is 9.61. The third kappa shape index (κ3) is 2.41. The molecule has 2 aliphatic heterocycles. The maximum absolute atomic E-state index is 6.29. The van der Waals surface area contributed by atoms with Crippen LogP contribution in [0, 0.1) is 5.92 Å². The minimum absolute atomic E-state index is 0.124. The Morgan fingerprint density at radius 1 is 1.25 bits per heavy atom. The van der Waals surface area contributed by atoms with Crippen LogP contribution in [0.4, 0.5) is 0 Å². The van der Waals surface area contributed by atoms with Gasteiger partial charge in [0.25, 0.3) is 0 Å². The Hall–Kier alpha value is -1.16. The minimum atomic E-state index is -0.259. The fourth-order valence-corrected chi connectivity index (χ4v) is 3.25. The number of benzene rings is 1. The molecule has 0 amide bonds. The summed E-state index contributed by atoms with van der Waals surface area (Å²) in [5, 5.41) is 3.58. The van der Waals surface area contributed by atoms with Gasteiger partial charge in [-0.25, -0.2) is 0 Å². The lowest BCUT2D eigenvalue weighted by molar-refractivity contribution is -0.253. The van der Waals surface area contributed by atoms with Crippen molar-refractivity contribution in [3.8, 4) is 0 Å². The fourth-order valence-electron chi connectivity index (χ4n) is 3.25. The van der Waals surface area contributed by atoms with Crippen LogP contribution in [0.5, 0.6) is 0 Å². The first-order valence-electron chi connectivity index (χ1n) is 7.36. The minimum Gasteiger partial charge on any atom is -0.346 e. The van der Waals surface area contributed by atoms with Crippen molar-refractivity contribution in [2.45, 2.75) is 38.7 Å². The molecule has 3 rings (SSSR count). The molecule has 1 fully saturated rings. The SMILES string of the molecule is CC1=C[C@]2(CO[C@@H](c3ccccc3)O[C@H]2C(C)C)NC1. The van der Waals surface area contributed by atoms with Crippen LogP contribution >= 0.6 is 0 Å². The highest BCUT2D eigenvalue weighted by atomic mass is 16.7. The molecule has 1 N–H and O–H groups in total. The average molecular weight is 273 g/mol. The molecule has 0 bridgehead atoms. The first-order valence-corrected chi connectivity index (χ1v) is 7.36. The van der Waals surface area contributed by atoms with Gasteiger partial charge in [-0.15, -0.1) is 0 Å². The molecule has 20 heavy (non-hydrogen) atoms. The van der Waals surface area contributed by atoms with Crippen molar-refractivity contribution in [1.82, 2.24) is 5.32 Å². The van der Waals surface area contributed by atoms with E-state index in [1.807, 2.05) is 18.2 Å². The normalized spacial score (nSPS) is 33.7. The largest absolute Gasteiger partial charge is 0.346 e. The van der Waals surface area contributed by atoms with E-state index in [9.17, 15) is 0 Å². The Labute approximate surface area is 121 Å². The molecule has 1 aromatic rings. The molecule has 3 nitrogen and oxygen atoms in total. The van der Waals surface area contributed by atoms with Crippen LogP contribution < -0.4 is 5.32 Å². The Morgan fingerprint density at radius 3 is 2.60 bits per heavy atom. The molecule has 0 radical (unpaired) electrons. The molecule has 2 heterocycles. The van der Waals surface area contributed by atoms with Gasteiger partial charge in [-0.3, -0.25) is 0 Å². The summed E-state index contributed by atoms with van der Waals surface area (Å²) in [6, 6.07) is 10.2. The highest BCUT2D eigenvalue weighted by Crippen LogP contribution is 2.37. The number of hydrogen-bond acceptors (Lipinski definition) is 3. The molecule has 0 unspecified atom stereocenters. The first kappa shape index (κ1) is 13.8. The van der Waals surface area contributed by atoms with Crippen molar-refractivity contribution in [2.75, 3.05) is 13.2 Å². The van der Waals surface area contributed by atoms with E-state index >= 15 is 0 Å². The number of nitrogens with one attached hydrogen (secondary N) is 1. The predicted octanol–water partition coefficient (Wildman–Crippen LogP) is 3.04. The summed E-state index contributed by atoms with van der Waals surface area (Å²) >= 11 is 0. The second-order valence-electron chi connectivity index (χ2n) is 6.24. The van der Waals surface area contributed by atoms with E-state index in [0.29, 0.717) is 12.5 Å². The third-order valence-electron chi connectivity index (χ3n) is 4.13. The summed E-state index contributed by atoms with van der Waals surface area (Å²) in [4.78, 5) is 0. The molecule has 0 saturated carbocycles. The van der Waals surface area contributed by atoms with Gasteiger partial charge in [0.15, 0.2) is 6.29 Å². The summed E-state index contributed by atoms with van der Waals surface area (Å²) in [6.07, 6.45) is 2.16. The lowest BCUT2D eigenvalue weighted by Crippen LogP contribution is -2.60. The topological polar surface area (TPSA) is 30.5 Å². The van der Waals surface area contributed by atoms with Gasteiger partial charge in [0, 0.05) is 12.1 Å². The smallest absolute Gasteiger partial charge is 0.184 e. The van der Waals surface area contributed by atoms with E-state index in [-0.39, 0.29) is 17.9 Å². The molecule has 3 heteroatoms. The molecule has 0 aliphatic carbocycles. The van der Waals surface area contributed by atoms with Gasteiger partial charge < -0.3 is 14.8 Å². The monoisotopic (exact) mass is 273 g/mol. The number of rotatable bonds is 2. The Balaban J connectivity index is 1.84. The van der Waals surface area contributed by atoms with E-state index < -0.39 is 0 Å². The number of ether oxygens (including phenoxy) is 2. The van der Waals surface area contributed by atoms with Crippen LogP contribution in [0.1, 0.15) is 32.6 Å². The van der Waals surface area contributed by atoms with Crippen LogP contribution in [0.3, 0.4) is 0 Å². The Bertz CT molecular complexity index is 497. The highest BCUT2D eigenvalue weighted by Gasteiger charge is 2.47. The maximum atomic E-state index is 6.29. The zero-order chi connectivity index (χ0) is 14.2. The van der Waals surface area contributed by atoms with Crippen molar-refractivity contribution in [1.29, 1.82) is 0 Å². The molecule has 1 aromatic carbocycles. The quantitative estimate of drug-likeness (QED) is 0.840. The van der Waals surface area contributed by atoms with Gasteiger partial charge in [0.05, 0.1) is 18.2 Å². The van der Waals surface area contributed by atoms with E-state index in [1.165, 1.54) is 5.57 Å². The van der Waals surface area contributed by atoms with Gasteiger partial charge in [-0.05, 0) is 12.8 Å². The van der Waals surface area contributed by atoms with Crippen LogP contribution in [0.25, 0.3) is 0 Å². The molecular formula is C17H23NO2. The van der Waals surface area contributed by atoms with Crippen molar-refractivity contribution < 1.29 is 9.47 Å². The molecule has 0 aromatic heterocycles. The third-order valence-corrected chi connectivity index (χ3v) is 4.13. The van der Waals surface area contributed by atoms with Crippen LogP contribution in [0.15, 0.2) is 42.0 Å². The van der Waals surface area contributed by atoms with Gasteiger partial charge in [0.1, 0.15) is 0 Å². The van der Waals surface area contributed by atoms with E-state index in [0.717, 1.165) is 12.1 Å². The molecule has 1 saturated heterocycles. The van der Waals surface area contributed by atoms with Crippen LogP contribution in [-0.4, -0.2) is 24.8 Å². The fraction of sp³-hybridized carbons (Fsp3) is 0.529. The Kier molecular flexibility index (Phi) is 3.67. The second kappa shape index (κ2) is 5.32. The van der Waals surface area contributed by atoms with Crippen LogP contribution in [0.2, 0.25) is 0 Å². The van der Waals surface area contributed by atoms with E-state index in [1.54, 1.807) is 0 Å².